The Kier molecular flexibility index (Phi) is 3.80. The van der Waals surface area contributed by atoms with Crippen molar-refractivity contribution < 1.29 is 14.6 Å². The Labute approximate surface area is 93.8 Å². The van der Waals surface area contributed by atoms with E-state index in [1.807, 2.05) is 13.0 Å². The van der Waals surface area contributed by atoms with Crippen molar-refractivity contribution in [1.29, 1.82) is 0 Å². The number of methoxy groups -OCH3 is 1. The van der Waals surface area contributed by atoms with Crippen LogP contribution in [0.1, 0.15) is 11.1 Å². The molecule has 3 nitrogen and oxygen atoms in total. The Balaban J connectivity index is 3.03. The molecular weight excluding hydrogens is 212 g/mol. The number of rotatable bonds is 3. The van der Waals surface area contributed by atoms with Crippen molar-refractivity contribution >= 4 is 24.7 Å². The summed E-state index contributed by atoms with van der Waals surface area (Å²) in [4.78, 5) is 10.6. The third kappa shape index (κ3) is 3.02. The average Bonchev–Trinajstić information content (AvgIpc) is 2.18. The highest BCUT2D eigenvalue weighted by molar-refractivity contribution is 7.85. The number of carboxylic acids is 1. The van der Waals surface area contributed by atoms with Crippen molar-refractivity contribution in [2.75, 3.05) is 7.11 Å². The fraction of sp³-hybridized carbons (Fsp3) is 0.182. The van der Waals surface area contributed by atoms with E-state index < -0.39 is 5.97 Å². The van der Waals surface area contributed by atoms with Gasteiger partial charge in [-0.2, -0.15) is 0 Å². The summed E-state index contributed by atoms with van der Waals surface area (Å²) in [6, 6.07) is 5.42. The number of carboxylic acid groups (broad SMARTS) is 1. The Hall–Kier alpha value is -1.42. The van der Waals surface area contributed by atoms with E-state index in [4.69, 9.17) is 9.84 Å². The van der Waals surface area contributed by atoms with Gasteiger partial charge in [0.25, 0.3) is 0 Å². The Morgan fingerprint density at radius 3 is 2.67 bits per heavy atom. The molecule has 0 atom stereocenters. The van der Waals surface area contributed by atoms with Crippen LogP contribution in [0, 0.1) is 6.92 Å². The van der Waals surface area contributed by atoms with Crippen molar-refractivity contribution in [2.45, 2.75) is 6.92 Å². The quantitative estimate of drug-likeness (QED) is 0.612. The first-order chi connectivity index (χ1) is 7.04. The molecule has 0 radical (unpaired) electrons. The van der Waals surface area contributed by atoms with E-state index >= 15 is 0 Å². The van der Waals surface area contributed by atoms with Gasteiger partial charge in [-0.15, -0.1) is 12.6 Å². The molecule has 1 N–H and O–H groups in total. The molecule has 0 amide bonds. The lowest BCUT2D eigenvalue weighted by molar-refractivity contribution is -0.131. The van der Waals surface area contributed by atoms with Crippen LogP contribution in [0.4, 0.5) is 0 Å². The van der Waals surface area contributed by atoms with Crippen molar-refractivity contribution in [3.05, 3.63) is 34.2 Å². The summed E-state index contributed by atoms with van der Waals surface area (Å²) in [6.45, 7) is 1.90. The van der Waals surface area contributed by atoms with Gasteiger partial charge in [0.1, 0.15) is 5.75 Å². The number of benzene rings is 1. The Morgan fingerprint density at radius 1 is 1.53 bits per heavy atom. The fourth-order valence-corrected chi connectivity index (χ4v) is 1.36. The maximum Gasteiger partial charge on any atom is 0.341 e. The second-order valence-corrected chi connectivity index (χ2v) is 3.55. The third-order valence-corrected chi connectivity index (χ3v) is 2.26. The minimum absolute atomic E-state index is 0.0135. The Bertz CT molecular complexity index is 410. The monoisotopic (exact) mass is 224 g/mol. The largest absolute Gasteiger partial charge is 0.496 e. The minimum Gasteiger partial charge on any atom is -0.496 e. The van der Waals surface area contributed by atoms with E-state index in [1.165, 1.54) is 6.08 Å². The van der Waals surface area contributed by atoms with Crippen LogP contribution in [0.25, 0.3) is 6.08 Å². The van der Waals surface area contributed by atoms with Gasteiger partial charge in [-0.3, -0.25) is 0 Å². The number of thiol groups is 1. The SMILES string of the molecule is COc1ccc(/C=C(\S)C(=O)O)cc1C. The number of aryl methyl sites for hydroxylation is 1. The van der Waals surface area contributed by atoms with Crippen molar-refractivity contribution in [3.63, 3.8) is 0 Å². The summed E-state index contributed by atoms with van der Waals surface area (Å²) in [6.07, 6.45) is 1.50. The third-order valence-electron chi connectivity index (χ3n) is 1.94. The lowest BCUT2D eigenvalue weighted by Gasteiger charge is -2.04. The predicted molar refractivity (Wildman–Crippen MR) is 62.3 cm³/mol. The molecule has 0 unspecified atom stereocenters. The zero-order valence-electron chi connectivity index (χ0n) is 8.52. The van der Waals surface area contributed by atoms with E-state index in [-0.39, 0.29) is 4.91 Å². The highest BCUT2D eigenvalue weighted by Crippen LogP contribution is 2.20. The van der Waals surface area contributed by atoms with Gasteiger partial charge >= 0.3 is 5.97 Å². The van der Waals surface area contributed by atoms with Gasteiger partial charge in [0.2, 0.25) is 0 Å². The predicted octanol–water partition coefficient (Wildman–Crippen LogP) is 2.36. The topological polar surface area (TPSA) is 46.5 Å². The first-order valence-corrected chi connectivity index (χ1v) is 4.78. The number of hydrogen-bond acceptors (Lipinski definition) is 3. The van der Waals surface area contributed by atoms with Gasteiger partial charge in [-0.25, -0.2) is 4.79 Å². The molecule has 1 aromatic carbocycles. The van der Waals surface area contributed by atoms with Gasteiger partial charge in [0.15, 0.2) is 0 Å². The van der Waals surface area contributed by atoms with Crippen LogP contribution in [-0.2, 0) is 4.79 Å². The van der Waals surface area contributed by atoms with Crippen LogP contribution < -0.4 is 4.74 Å². The van der Waals surface area contributed by atoms with Crippen LogP contribution >= 0.6 is 12.6 Å². The second kappa shape index (κ2) is 4.89. The molecule has 15 heavy (non-hydrogen) atoms. The fourth-order valence-electron chi connectivity index (χ4n) is 1.21. The summed E-state index contributed by atoms with van der Waals surface area (Å²) in [5.74, 6) is -0.255. The summed E-state index contributed by atoms with van der Waals surface area (Å²) in [5, 5.41) is 8.64. The molecular formula is C11H12O3S. The normalized spacial score (nSPS) is 11.3. The second-order valence-electron chi connectivity index (χ2n) is 3.06. The van der Waals surface area contributed by atoms with Gasteiger partial charge in [0.05, 0.1) is 12.0 Å². The molecule has 0 heterocycles. The number of ether oxygens (including phenoxy) is 1. The highest BCUT2D eigenvalue weighted by atomic mass is 32.1. The van der Waals surface area contributed by atoms with Crippen LogP contribution in [0.15, 0.2) is 23.1 Å². The summed E-state index contributed by atoms with van der Waals surface area (Å²) in [7, 11) is 1.60. The van der Waals surface area contributed by atoms with E-state index in [2.05, 4.69) is 12.6 Å². The van der Waals surface area contributed by atoms with E-state index in [9.17, 15) is 4.79 Å². The van der Waals surface area contributed by atoms with Crippen molar-refractivity contribution in [1.82, 2.24) is 0 Å². The first-order valence-electron chi connectivity index (χ1n) is 4.33. The number of aliphatic carboxylic acids is 1. The molecule has 0 saturated carbocycles. The van der Waals surface area contributed by atoms with Gasteiger partial charge in [-0.1, -0.05) is 6.07 Å². The maximum atomic E-state index is 10.5. The molecule has 0 aliphatic carbocycles. The molecule has 0 fully saturated rings. The maximum absolute atomic E-state index is 10.5. The molecule has 0 bridgehead atoms. The van der Waals surface area contributed by atoms with Crippen molar-refractivity contribution in [3.8, 4) is 5.75 Å². The molecule has 1 rings (SSSR count). The molecule has 1 aromatic rings. The smallest absolute Gasteiger partial charge is 0.341 e. The van der Waals surface area contributed by atoms with Gasteiger partial charge in [-0.05, 0) is 36.3 Å². The van der Waals surface area contributed by atoms with Crippen LogP contribution in [-0.4, -0.2) is 18.2 Å². The van der Waals surface area contributed by atoms with Gasteiger partial charge < -0.3 is 9.84 Å². The first kappa shape index (κ1) is 11.7. The van der Waals surface area contributed by atoms with Crippen LogP contribution in [0.3, 0.4) is 0 Å². The summed E-state index contributed by atoms with van der Waals surface area (Å²) >= 11 is 3.85. The number of carbonyl (C=O) groups is 1. The molecule has 0 aromatic heterocycles. The molecule has 0 aliphatic rings. The standard InChI is InChI=1S/C11H12O3S/c1-7-5-8(3-4-9(7)14-2)6-10(15)11(12)13/h3-6,15H,1-2H3,(H,12,13)/b10-6-. The zero-order valence-corrected chi connectivity index (χ0v) is 9.41. The molecule has 4 heteroatoms. The summed E-state index contributed by atoms with van der Waals surface area (Å²) in [5.41, 5.74) is 1.75. The Morgan fingerprint density at radius 2 is 2.20 bits per heavy atom. The van der Waals surface area contributed by atoms with Crippen LogP contribution in [0.2, 0.25) is 0 Å². The van der Waals surface area contributed by atoms with E-state index in [0.29, 0.717) is 0 Å². The van der Waals surface area contributed by atoms with Crippen LogP contribution in [0.5, 0.6) is 5.75 Å². The summed E-state index contributed by atoms with van der Waals surface area (Å²) < 4.78 is 5.10. The van der Waals surface area contributed by atoms with Gasteiger partial charge in [0, 0.05) is 0 Å². The zero-order chi connectivity index (χ0) is 11.4. The average molecular weight is 224 g/mol. The molecule has 80 valence electrons. The van der Waals surface area contributed by atoms with Crippen molar-refractivity contribution in [2.24, 2.45) is 0 Å². The molecule has 0 saturated heterocycles. The van der Waals surface area contributed by atoms with E-state index in [0.717, 1.165) is 16.9 Å². The lowest BCUT2D eigenvalue weighted by atomic mass is 10.1. The van der Waals surface area contributed by atoms with E-state index in [1.54, 1.807) is 19.2 Å². The minimum atomic E-state index is -1.04. The lowest BCUT2D eigenvalue weighted by Crippen LogP contribution is -1.93. The number of hydrogen-bond donors (Lipinski definition) is 2. The molecule has 0 spiro atoms. The highest BCUT2D eigenvalue weighted by Gasteiger charge is 2.02. The molecule has 0 aliphatic heterocycles.